The molecule has 0 fully saturated rings. The Labute approximate surface area is 91.3 Å². The molecule has 0 aromatic carbocycles. The smallest absolute Gasteiger partial charge is 0.104 e. The number of hydrogen-bond acceptors (Lipinski definition) is 1. The summed E-state index contributed by atoms with van der Waals surface area (Å²) in [6.45, 7) is 4.11. The maximum Gasteiger partial charge on any atom is 0.104 e. The summed E-state index contributed by atoms with van der Waals surface area (Å²) in [5, 5.41) is 4.40. The standard InChI is InChI=1S/C10H12BrN3/c1-6-4-8(7(2)12-6)9-5-10(11)14(3)13-9/h4-5,12H,1-3H3. The molecule has 74 valence electrons. The molecule has 0 saturated heterocycles. The fourth-order valence-corrected chi connectivity index (χ4v) is 1.86. The van der Waals surface area contributed by atoms with Crippen LogP contribution in [0.4, 0.5) is 0 Å². The summed E-state index contributed by atoms with van der Waals surface area (Å²) in [5.41, 5.74) is 4.50. The van der Waals surface area contributed by atoms with Crippen molar-refractivity contribution in [1.29, 1.82) is 0 Å². The van der Waals surface area contributed by atoms with E-state index in [1.165, 1.54) is 11.3 Å². The Balaban J connectivity index is 2.54. The molecule has 2 heterocycles. The second-order valence-corrected chi connectivity index (χ2v) is 4.28. The van der Waals surface area contributed by atoms with Gasteiger partial charge >= 0.3 is 0 Å². The van der Waals surface area contributed by atoms with Gasteiger partial charge in [-0.25, -0.2) is 0 Å². The van der Waals surface area contributed by atoms with Crippen LogP contribution >= 0.6 is 15.9 Å². The van der Waals surface area contributed by atoms with Crippen molar-refractivity contribution >= 4 is 15.9 Å². The first kappa shape index (κ1) is 9.52. The number of aryl methyl sites for hydroxylation is 3. The lowest BCUT2D eigenvalue weighted by atomic mass is 10.2. The van der Waals surface area contributed by atoms with Gasteiger partial charge in [0.05, 0.1) is 5.69 Å². The highest BCUT2D eigenvalue weighted by Gasteiger charge is 2.09. The molecule has 0 unspecified atom stereocenters. The van der Waals surface area contributed by atoms with Gasteiger partial charge in [0.2, 0.25) is 0 Å². The van der Waals surface area contributed by atoms with E-state index in [1.54, 1.807) is 0 Å². The molecule has 2 aromatic rings. The van der Waals surface area contributed by atoms with Crippen LogP contribution < -0.4 is 0 Å². The Bertz CT molecular complexity index is 448. The summed E-state index contributed by atoms with van der Waals surface area (Å²) in [6, 6.07) is 4.14. The SMILES string of the molecule is Cc1cc(-c2cc(Br)n(C)n2)c(C)[nH]1. The molecular formula is C10H12BrN3. The number of halogens is 1. The molecule has 1 N–H and O–H groups in total. The third-order valence-electron chi connectivity index (χ3n) is 2.25. The fraction of sp³-hybridized carbons (Fsp3) is 0.300. The Morgan fingerprint density at radius 2 is 2.07 bits per heavy atom. The van der Waals surface area contributed by atoms with E-state index in [0.29, 0.717) is 0 Å². The highest BCUT2D eigenvalue weighted by Crippen LogP contribution is 2.25. The van der Waals surface area contributed by atoms with E-state index in [0.717, 1.165) is 16.0 Å². The summed E-state index contributed by atoms with van der Waals surface area (Å²) >= 11 is 3.43. The average molecular weight is 254 g/mol. The maximum atomic E-state index is 4.40. The molecular weight excluding hydrogens is 242 g/mol. The van der Waals surface area contributed by atoms with Crippen LogP contribution in [0.1, 0.15) is 11.4 Å². The first-order valence-electron chi connectivity index (χ1n) is 4.44. The average Bonchev–Trinajstić information content (AvgIpc) is 2.57. The molecule has 0 aliphatic heterocycles. The predicted octanol–water partition coefficient (Wildman–Crippen LogP) is 2.79. The van der Waals surface area contributed by atoms with Crippen LogP contribution in [0.3, 0.4) is 0 Å². The van der Waals surface area contributed by atoms with Gasteiger partial charge in [-0.3, -0.25) is 4.68 Å². The lowest BCUT2D eigenvalue weighted by Crippen LogP contribution is -1.90. The van der Waals surface area contributed by atoms with E-state index >= 15 is 0 Å². The normalized spacial score (nSPS) is 10.9. The van der Waals surface area contributed by atoms with Crippen molar-refractivity contribution in [3.8, 4) is 11.3 Å². The third-order valence-corrected chi connectivity index (χ3v) is 2.99. The number of nitrogens with one attached hydrogen (secondary N) is 1. The Hall–Kier alpha value is -1.03. The quantitative estimate of drug-likeness (QED) is 0.834. The molecule has 0 aliphatic rings. The van der Waals surface area contributed by atoms with Crippen LogP contribution in [0.25, 0.3) is 11.3 Å². The van der Waals surface area contributed by atoms with Crippen molar-refractivity contribution in [3.05, 3.63) is 28.1 Å². The first-order chi connectivity index (χ1) is 6.58. The zero-order valence-corrected chi connectivity index (χ0v) is 10.0. The summed E-state index contributed by atoms with van der Waals surface area (Å²) < 4.78 is 2.81. The van der Waals surface area contributed by atoms with Crippen LogP contribution in [0.5, 0.6) is 0 Å². The van der Waals surface area contributed by atoms with Gasteiger partial charge in [-0.15, -0.1) is 0 Å². The van der Waals surface area contributed by atoms with Gasteiger partial charge in [-0.2, -0.15) is 5.10 Å². The number of H-pyrrole nitrogens is 1. The van der Waals surface area contributed by atoms with Crippen LogP contribution in [-0.2, 0) is 7.05 Å². The minimum atomic E-state index is 0.991. The molecule has 0 amide bonds. The largest absolute Gasteiger partial charge is 0.362 e. The van der Waals surface area contributed by atoms with Crippen LogP contribution in [0.2, 0.25) is 0 Å². The van der Waals surface area contributed by atoms with Crippen LogP contribution in [0, 0.1) is 13.8 Å². The maximum absolute atomic E-state index is 4.40. The zero-order valence-electron chi connectivity index (χ0n) is 8.43. The minimum Gasteiger partial charge on any atom is -0.362 e. The second-order valence-electron chi connectivity index (χ2n) is 3.47. The highest BCUT2D eigenvalue weighted by atomic mass is 79.9. The molecule has 14 heavy (non-hydrogen) atoms. The number of aromatic amines is 1. The summed E-state index contributed by atoms with van der Waals surface area (Å²) in [4.78, 5) is 3.27. The lowest BCUT2D eigenvalue weighted by Gasteiger charge is -1.92. The van der Waals surface area contributed by atoms with Gasteiger partial charge < -0.3 is 4.98 Å². The first-order valence-corrected chi connectivity index (χ1v) is 5.23. The fourth-order valence-electron chi connectivity index (χ4n) is 1.57. The lowest BCUT2D eigenvalue weighted by molar-refractivity contribution is 0.752. The Kier molecular flexibility index (Phi) is 2.23. The van der Waals surface area contributed by atoms with E-state index in [4.69, 9.17) is 0 Å². The van der Waals surface area contributed by atoms with E-state index in [1.807, 2.05) is 17.8 Å². The molecule has 2 rings (SSSR count). The number of nitrogens with zero attached hydrogens (tertiary/aromatic N) is 2. The highest BCUT2D eigenvalue weighted by molar-refractivity contribution is 9.10. The summed E-state index contributed by atoms with van der Waals surface area (Å²) in [7, 11) is 1.92. The monoisotopic (exact) mass is 253 g/mol. The van der Waals surface area contributed by atoms with Crippen LogP contribution in [0.15, 0.2) is 16.7 Å². The predicted molar refractivity (Wildman–Crippen MR) is 60.2 cm³/mol. The Morgan fingerprint density at radius 3 is 2.50 bits per heavy atom. The van der Waals surface area contributed by atoms with E-state index in [9.17, 15) is 0 Å². The Morgan fingerprint density at radius 1 is 1.36 bits per heavy atom. The van der Waals surface area contributed by atoms with Crippen LogP contribution in [-0.4, -0.2) is 14.8 Å². The van der Waals surface area contributed by atoms with Crippen molar-refractivity contribution in [2.75, 3.05) is 0 Å². The molecule has 3 nitrogen and oxygen atoms in total. The van der Waals surface area contributed by atoms with Gasteiger partial charge in [0.25, 0.3) is 0 Å². The van der Waals surface area contributed by atoms with Gasteiger partial charge in [0, 0.05) is 24.0 Å². The van der Waals surface area contributed by atoms with Crippen molar-refractivity contribution in [3.63, 3.8) is 0 Å². The summed E-state index contributed by atoms with van der Waals surface area (Å²) in [5.74, 6) is 0. The van der Waals surface area contributed by atoms with Gasteiger partial charge in [-0.05, 0) is 41.9 Å². The molecule has 4 heteroatoms. The van der Waals surface area contributed by atoms with Gasteiger partial charge in [0.1, 0.15) is 4.60 Å². The van der Waals surface area contributed by atoms with Gasteiger partial charge in [-0.1, -0.05) is 0 Å². The van der Waals surface area contributed by atoms with Crippen molar-refractivity contribution in [1.82, 2.24) is 14.8 Å². The topological polar surface area (TPSA) is 33.6 Å². The molecule has 0 radical (unpaired) electrons. The minimum absolute atomic E-state index is 0.991. The van der Waals surface area contributed by atoms with Crippen molar-refractivity contribution in [2.24, 2.45) is 7.05 Å². The zero-order chi connectivity index (χ0) is 10.3. The third kappa shape index (κ3) is 1.50. The second kappa shape index (κ2) is 3.28. The molecule has 0 bridgehead atoms. The molecule has 0 aliphatic carbocycles. The molecule has 2 aromatic heterocycles. The molecule has 0 spiro atoms. The number of aromatic nitrogens is 3. The number of hydrogen-bond donors (Lipinski definition) is 1. The number of rotatable bonds is 1. The van der Waals surface area contributed by atoms with Crippen molar-refractivity contribution < 1.29 is 0 Å². The summed E-state index contributed by atoms with van der Waals surface area (Å²) in [6.07, 6.45) is 0. The molecule has 0 atom stereocenters. The van der Waals surface area contributed by atoms with E-state index in [2.05, 4.69) is 45.9 Å². The van der Waals surface area contributed by atoms with Crippen molar-refractivity contribution in [2.45, 2.75) is 13.8 Å². The van der Waals surface area contributed by atoms with E-state index in [-0.39, 0.29) is 0 Å². The van der Waals surface area contributed by atoms with E-state index < -0.39 is 0 Å². The molecule has 0 saturated carbocycles. The van der Waals surface area contributed by atoms with Gasteiger partial charge in [0.15, 0.2) is 0 Å².